The third-order valence-corrected chi connectivity index (χ3v) is 3.21. The molecule has 0 saturated heterocycles. The van der Waals surface area contributed by atoms with Crippen LogP contribution in [-0.4, -0.2) is 23.9 Å². The highest BCUT2D eigenvalue weighted by molar-refractivity contribution is 5.43. The molecule has 0 aliphatic heterocycles. The number of aromatic nitrogens is 1. The highest BCUT2D eigenvalue weighted by Gasteiger charge is 2.08. The highest BCUT2D eigenvalue weighted by Crippen LogP contribution is 2.28. The Morgan fingerprint density at radius 1 is 1.15 bits per heavy atom. The monoisotopic (exact) mass is 275 g/mol. The third-order valence-electron chi connectivity index (χ3n) is 3.21. The summed E-state index contributed by atoms with van der Waals surface area (Å²) in [5.74, 6) is 1.09. The van der Waals surface area contributed by atoms with Crippen molar-refractivity contribution in [3.05, 3.63) is 51.9 Å². The van der Waals surface area contributed by atoms with Gasteiger partial charge in [0.05, 0.1) is 19.9 Å². The molecule has 0 spiro atoms. The third kappa shape index (κ3) is 2.61. The van der Waals surface area contributed by atoms with E-state index in [9.17, 15) is 9.90 Å². The molecule has 0 fully saturated rings. The molecule has 5 heteroatoms. The van der Waals surface area contributed by atoms with Crippen LogP contribution in [0.1, 0.15) is 11.3 Å². The number of rotatable bonds is 4. The van der Waals surface area contributed by atoms with Gasteiger partial charge in [0.1, 0.15) is 0 Å². The van der Waals surface area contributed by atoms with E-state index in [1.54, 1.807) is 31.9 Å². The van der Waals surface area contributed by atoms with Crippen molar-refractivity contribution in [2.24, 2.45) is 0 Å². The van der Waals surface area contributed by atoms with Gasteiger partial charge in [-0.05, 0) is 24.6 Å². The van der Waals surface area contributed by atoms with Crippen molar-refractivity contribution < 1.29 is 14.6 Å². The molecule has 1 aromatic heterocycles. The molecule has 0 atom stereocenters. The lowest BCUT2D eigenvalue weighted by Crippen LogP contribution is -2.10. The molecule has 2 aromatic rings. The van der Waals surface area contributed by atoms with E-state index >= 15 is 0 Å². The van der Waals surface area contributed by atoms with E-state index in [-0.39, 0.29) is 11.2 Å². The minimum Gasteiger partial charge on any atom is -0.503 e. The Hall–Kier alpha value is -2.43. The molecule has 106 valence electrons. The fourth-order valence-electron chi connectivity index (χ4n) is 2.01. The quantitative estimate of drug-likeness (QED) is 0.926. The molecule has 0 radical (unpaired) electrons. The Morgan fingerprint density at radius 3 is 2.50 bits per heavy atom. The van der Waals surface area contributed by atoms with Crippen molar-refractivity contribution >= 4 is 0 Å². The molecule has 1 heterocycles. The first-order valence-corrected chi connectivity index (χ1v) is 6.16. The zero-order chi connectivity index (χ0) is 14.7. The molecule has 0 aliphatic rings. The summed E-state index contributed by atoms with van der Waals surface area (Å²) >= 11 is 0. The van der Waals surface area contributed by atoms with Crippen molar-refractivity contribution in [2.75, 3.05) is 14.2 Å². The van der Waals surface area contributed by atoms with E-state index in [0.29, 0.717) is 23.7 Å². The van der Waals surface area contributed by atoms with Gasteiger partial charge >= 0.3 is 0 Å². The molecule has 0 aliphatic carbocycles. The molecule has 1 aromatic carbocycles. The first-order chi connectivity index (χ1) is 9.56. The highest BCUT2D eigenvalue weighted by atomic mass is 16.5. The van der Waals surface area contributed by atoms with Gasteiger partial charge in [-0.3, -0.25) is 4.79 Å². The maximum atomic E-state index is 11.3. The normalized spacial score (nSPS) is 10.3. The summed E-state index contributed by atoms with van der Waals surface area (Å²) in [4.78, 5) is 11.3. The van der Waals surface area contributed by atoms with Crippen LogP contribution in [0, 0.1) is 6.92 Å². The van der Waals surface area contributed by atoms with Crippen LogP contribution in [0.25, 0.3) is 0 Å². The second kappa shape index (κ2) is 5.69. The van der Waals surface area contributed by atoms with Crippen LogP contribution in [0.3, 0.4) is 0 Å². The average molecular weight is 275 g/mol. The smallest absolute Gasteiger partial charge is 0.223 e. The molecule has 20 heavy (non-hydrogen) atoms. The van der Waals surface area contributed by atoms with Gasteiger partial charge in [0.2, 0.25) is 5.43 Å². The van der Waals surface area contributed by atoms with Gasteiger partial charge in [-0.15, -0.1) is 0 Å². The lowest BCUT2D eigenvalue weighted by molar-refractivity contribution is 0.354. The summed E-state index contributed by atoms with van der Waals surface area (Å²) in [5.41, 5.74) is 1.15. The number of pyridine rings is 1. The maximum absolute atomic E-state index is 11.3. The summed E-state index contributed by atoms with van der Waals surface area (Å²) in [7, 11) is 3.17. The van der Waals surface area contributed by atoms with E-state index in [1.807, 2.05) is 18.2 Å². The van der Waals surface area contributed by atoms with Crippen molar-refractivity contribution in [3.8, 4) is 17.2 Å². The van der Waals surface area contributed by atoms with E-state index in [0.717, 1.165) is 5.56 Å². The van der Waals surface area contributed by atoms with Gasteiger partial charge in [0, 0.05) is 18.8 Å². The van der Waals surface area contributed by atoms with Crippen LogP contribution < -0.4 is 14.9 Å². The number of nitrogens with zero attached hydrogens (tertiary/aromatic N) is 1. The Labute approximate surface area is 117 Å². The van der Waals surface area contributed by atoms with E-state index in [2.05, 4.69) is 0 Å². The number of aromatic hydroxyl groups is 1. The number of benzene rings is 1. The SMILES string of the molecule is COc1ccc(Cn2ccc(=O)c(O)c2C)cc1OC. The zero-order valence-electron chi connectivity index (χ0n) is 11.7. The molecule has 0 bridgehead atoms. The van der Waals surface area contributed by atoms with Gasteiger partial charge in [0.25, 0.3) is 0 Å². The molecule has 5 nitrogen and oxygen atoms in total. The number of hydrogen-bond donors (Lipinski definition) is 1. The number of ether oxygens (including phenoxy) is 2. The predicted molar refractivity (Wildman–Crippen MR) is 75.8 cm³/mol. The molecule has 1 N–H and O–H groups in total. The largest absolute Gasteiger partial charge is 0.503 e. The molecule has 0 unspecified atom stereocenters. The molecule has 0 amide bonds. The first-order valence-electron chi connectivity index (χ1n) is 6.16. The van der Waals surface area contributed by atoms with E-state index in [1.165, 1.54) is 6.07 Å². The van der Waals surface area contributed by atoms with Crippen molar-refractivity contribution in [1.82, 2.24) is 4.57 Å². The van der Waals surface area contributed by atoms with Crippen LogP contribution >= 0.6 is 0 Å². The van der Waals surface area contributed by atoms with Crippen LogP contribution in [0.5, 0.6) is 17.2 Å². The second-order valence-electron chi connectivity index (χ2n) is 4.43. The Kier molecular flexibility index (Phi) is 3.98. The standard InChI is InChI=1S/C15H17NO4/c1-10-15(18)12(17)6-7-16(10)9-11-4-5-13(19-2)14(8-11)20-3/h4-8,18H,9H2,1-3H3. The lowest BCUT2D eigenvalue weighted by Gasteiger charge is -2.13. The van der Waals surface area contributed by atoms with Gasteiger partial charge in [-0.1, -0.05) is 6.07 Å². The summed E-state index contributed by atoms with van der Waals surface area (Å²) in [6.07, 6.45) is 1.66. The summed E-state index contributed by atoms with van der Waals surface area (Å²) in [6.45, 7) is 2.23. The number of methoxy groups -OCH3 is 2. The summed E-state index contributed by atoms with van der Waals surface area (Å²) in [5, 5.41) is 9.67. The van der Waals surface area contributed by atoms with Gasteiger partial charge in [-0.25, -0.2) is 0 Å². The fraction of sp³-hybridized carbons (Fsp3) is 0.267. The minimum absolute atomic E-state index is 0.215. The number of hydrogen-bond acceptors (Lipinski definition) is 4. The Morgan fingerprint density at radius 2 is 1.85 bits per heavy atom. The van der Waals surface area contributed by atoms with Gasteiger partial charge in [0.15, 0.2) is 17.2 Å². The van der Waals surface area contributed by atoms with Crippen LogP contribution in [0.2, 0.25) is 0 Å². The molecular formula is C15H17NO4. The average Bonchev–Trinajstić information content (AvgIpc) is 2.47. The zero-order valence-corrected chi connectivity index (χ0v) is 11.7. The lowest BCUT2D eigenvalue weighted by atomic mass is 10.2. The van der Waals surface area contributed by atoms with Crippen LogP contribution in [-0.2, 0) is 6.54 Å². The first kappa shape index (κ1) is 14.0. The summed E-state index contributed by atoms with van der Waals surface area (Å²) in [6, 6.07) is 6.96. The van der Waals surface area contributed by atoms with Gasteiger partial charge in [-0.2, -0.15) is 0 Å². The predicted octanol–water partition coefficient (Wildman–Crippen LogP) is 1.93. The van der Waals surface area contributed by atoms with Crippen LogP contribution in [0.4, 0.5) is 0 Å². The van der Waals surface area contributed by atoms with Gasteiger partial charge < -0.3 is 19.1 Å². The molecule has 0 saturated carbocycles. The minimum atomic E-state index is -0.369. The molecular weight excluding hydrogens is 258 g/mol. The Bertz CT molecular complexity index is 676. The van der Waals surface area contributed by atoms with Crippen molar-refractivity contribution in [3.63, 3.8) is 0 Å². The second-order valence-corrected chi connectivity index (χ2v) is 4.43. The van der Waals surface area contributed by atoms with E-state index in [4.69, 9.17) is 9.47 Å². The fourth-order valence-corrected chi connectivity index (χ4v) is 2.01. The van der Waals surface area contributed by atoms with E-state index < -0.39 is 0 Å². The maximum Gasteiger partial charge on any atom is 0.223 e. The van der Waals surface area contributed by atoms with Crippen molar-refractivity contribution in [2.45, 2.75) is 13.5 Å². The topological polar surface area (TPSA) is 60.7 Å². The van der Waals surface area contributed by atoms with Crippen LogP contribution in [0.15, 0.2) is 35.3 Å². The molecule has 2 rings (SSSR count). The van der Waals surface area contributed by atoms with Crippen molar-refractivity contribution in [1.29, 1.82) is 0 Å². The Balaban J connectivity index is 2.35. The summed E-state index contributed by atoms with van der Waals surface area (Å²) < 4.78 is 12.2.